The Morgan fingerprint density at radius 2 is 1.85 bits per heavy atom. The molecule has 1 fully saturated rings. The standard InChI is InChI=1S/C16H26N2O2/c1-13-10-15(16(19)11-14(13)2)12-17(3)4-5-18-6-8-20-9-7-18/h10-11,19H,4-9,12H2,1-3H3. The number of aryl methyl sites for hydroxylation is 2. The van der Waals surface area contributed by atoms with Gasteiger partial charge in [0.2, 0.25) is 0 Å². The second-order valence-electron chi connectivity index (χ2n) is 5.76. The highest BCUT2D eigenvalue weighted by atomic mass is 16.5. The van der Waals surface area contributed by atoms with E-state index in [2.05, 4.69) is 29.8 Å². The molecular weight excluding hydrogens is 252 g/mol. The summed E-state index contributed by atoms with van der Waals surface area (Å²) in [6, 6.07) is 3.95. The molecule has 0 spiro atoms. The van der Waals surface area contributed by atoms with Crippen molar-refractivity contribution >= 4 is 0 Å². The molecule has 1 aliphatic rings. The molecule has 0 atom stereocenters. The van der Waals surface area contributed by atoms with E-state index in [1.165, 1.54) is 5.56 Å². The Bertz CT molecular complexity index is 442. The van der Waals surface area contributed by atoms with E-state index in [-0.39, 0.29) is 0 Å². The van der Waals surface area contributed by atoms with Gasteiger partial charge in [-0.05, 0) is 38.1 Å². The minimum atomic E-state index is 0.409. The van der Waals surface area contributed by atoms with Crippen LogP contribution in [0.3, 0.4) is 0 Å². The van der Waals surface area contributed by atoms with E-state index < -0.39 is 0 Å². The van der Waals surface area contributed by atoms with Crippen LogP contribution in [0.1, 0.15) is 16.7 Å². The van der Waals surface area contributed by atoms with E-state index >= 15 is 0 Å². The van der Waals surface area contributed by atoms with Crippen molar-refractivity contribution in [2.75, 3.05) is 46.4 Å². The van der Waals surface area contributed by atoms with Gasteiger partial charge in [-0.2, -0.15) is 0 Å². The van der Waals surface area contributed by atoms with Gasteiger partial charge in [-0.25, -0.2) is 0 Å². The molecule has 1 aromatic carbocycles. The molecule has 0 saturated carbocycles. The molecule has 0 unspecified atom stereocenters. The second kappa shape index (κ2) is 7.07. The van der Waals surface area contributed by atoms with Gasteiger partial charge in [-0.1, -0.05) is 6.07 Å². The molecule has 1 saturated heterocycles. The van der Waals surface area contributed by atoms with Crippen molar-refractivity contribution in [2.24, 2.45) is 0 Å². The summed E-state index contributed by atoms with van der Waals surface area (Å²) in [5.74, 6) is 0.409. The first-order valence-electron chi connectivity index (χ1n) is 7.34. The molecule has 0 aliphatic carbocycles. The number of rotatable bonds is 5. The Morgan fingerprint density at radius 1 is 1.20 bits per heavy atom. The summed E-state index contributed by atoms with van der Waals surface area (Å²) in [6.07, 6.45) is 0. The van der Waals surface area contributed by atoms with Crippen LogP contribution in [0, 0.1) is 13.8 Å². The number of aromatic hydroxyl groups is 1. The van der Waals surface area contributed by atoms with Crippen molar-refractivity contribution in [1.82, 2.24) is 9.80 Å². The zero-order valence-corrected chi connectivity index (χ0v) is 12.9. The van der Waals surface area contributed by atoms with Crippen molar-refractivity contribution in [2.45, 2.75) is 20.4 Å². The van der Waals surface area contributed by atoms with Crippen LogP contribution in [0.2, 0.25) is 0 Å². The fourth-order valence-corrected chi connectivity index (χ4v) is 2.49. The number of phenols is 1. The summed E-state index contributed by atoms with van der Waals surface area (Å²) in [7, 11) is 2.11. The molecule has 112 valence electrons. The number of nitrogens with zero attached hydrogens (tertiary/aromatic N) is 2. The predicted octanol–water partition coefficient (Wildman–Crippen LogP) is 1.77. The highest BCUT2D eigenvalue weighted by molar-refractivity contribution is 5.40. The number of ether oxygens (including phenoxy) is 1. The van der Waals surface area contributed by atoms with Crippen LogP contribution >= 0.6 is 0 Å². The molecule has 4 heteroatoms. The van der Waals surface area contributed by atoms with Gasteiger partial charge in [-0.3, -0.25) is 4.90 Å². The molecule has 2 rings (SSSR count). The molecule has 1 heterocycles. The summed E-state index contributed by atoms with van der Waals surface area (Å²) in [5.41, 5.74) is 3.39. The minimum Gasteiger partial charge on any atom is -0.508 e. The number of benzene rings is 1. The molecular formula is C16H26N2O2. The fourth-order valence-electron chi connectivity index (χ4n) is 2.49. The van der Waals surface area contributed by atoms with E-state index in [0.717, 1.165) is 57.1 Å². The van der Waals surface area contributed by atoms with Gasteiger partial charge in [0.05, 0.1) is 13.2 Å². The quantitative estimate of drug-likeness (QED) is 0.890. The van der Waals surface area contributed by atoms with Crippen LogP contribution < -0.4 is 0 Å². The monoisotopic (exact) mass is 278 g/mol. The lowest BCUT2D eigenvalue weighted by Crippen LogP contribution is -2.40. The minimum absolute atomic E-state index is 0.409. The van der Waals surface area contributed by atoms with Crippen LogP contribution in [0.4, 0.5) is 0 Å². The van der Waals surface area contributed by atoms with Crippen molar-refractivity contribution in [1.29, 1.82) is 0 Å². The average molecular weight is 278 g/mol. The van der Waals surface area contributed by atoms with Crippen molar-refractivity contribution < 1.29 is 9.84 Å². The molecule has 1 N–H and O–H groups in total. The van der Waals surface area contributed by atoms with Crippen molar-refractivity contribution in [3.63, 3.8) is 0 Å². The summed E-state index contributed by atoms with van der Waals surface area (Å²) < 4.78 is 5.35. The van der Waals surface area contributed by atoms with Gasteiger partial charge in [0.15, 0.2) is 0 Å². The lowest BCUT2D eigenvalue weighted by atomic mass is 10.0. The van der Waals surface area contributed by atoms with Crippen molar-refractivity contribution in [3.8, 4) is 5.75 Å². The maximum absolute atomic E-state index is 10.0. The third-order valence-electron chi connectivity index (χ3n) is 4.04. The van der Waals surface area contributed by atoms with E-state index in [1.807, 2.05) is 13.0 Å². The lowest BCUT2D eigenvalue weighted by molar-refractivity contribution is 0.0342. The average Bonchev–Trinajstić information content (AvgIpc) is 2.44. The maximum Gasteiger partial charge on any atom is 0.120 e. The van der Waals surface area contributed by atoms with Crippen LogP contribution in [0.25, 0.3) is 0 Å². The largest absolute Gasteiger partial charge is 0.508 e. The zero-order chi connectivity index (χ0) is 14.5. The summed E-state index contributed by atoms with van der Waals surface area (Å²) in [6.45, 7) is 10.7. The zero-order valence-electron chi connectivity index (χ0n) is 12.9. The van der Waals surface area contributed by atoms with Crippen LogP contribution in [0.15, 0.2) is 12.1 Å². The fraction of sp³-hybridized carbons (Fsp3) is 0.625. The third kappa shape index (κ3) is 4.20. The van der Waals surface area contributed by atoms with Crippen LogP contribution in [0.5, 0.6) is 5.75 Å². The number of hydrogen-bond acceptors (Lipinski definition) is 4. The number of phenolic OH excluding ortho intramolecular Hbond substituents is 1. The van der Waals surface area contributed by atoms with Gasteiger partial charge in [-0.15, -0.1) is 0 Å². The number of likely N-dealkylation sites (N-methyl/N-ethyl adjacent to an activating group) is 1. The topological polar surface area (TPSA) is 35.9 Å². The smallest absolute Gasteiger partial charge is 0.120 e. The number of morpholine rings is 1. The first kappa shape index (κ1) is 15.3. The summed E-state index contributed by atoms with van der Waals surface area (Å²) >= 11 is 0. The molecule has 20 heavy (non-hydrogen) atoms. The molecule has 0 aromatic heterocycles. The summed E-state index contributed by atoms with van der Waals surface area (Å²) in [4.78, 5) is 4.69. The first-order valence-corrected chi connectivity index (χ1v) is 7.34. The Labute approximate surface area is 122 Å². The van der Waals surface area contributed by atoms with Gasteiger partial charge < -0.3 is 14.7 Å². The Hall–Kier alpha value is -1.10. The van der Waals surface area contributed by atoms with Crippen molar-refractivity contribution in [3.05, 3.63) is 28.8 Å². The SMILES string of the molecule is Cc1cc(O)c(CN(C)CCN2CCOCC2)cc1C. The molecule has 1 aliphatic heterocycles. The molecule has 4 nitrogen and oxygen atoms in total. The molecule has 0 amide bonds. The summed E-state index contributed by atoms with van der Waals surface area (Å²) in [5, 5.41) is 10.0. The first-order chi connectivity index (χ1) is 9.56. The highest BCUT2D eigenvalue weighted by Gasteiger charge is 2.12. The van der Waals surface area contributed by atoms with E-state index in [4.69, 9.17) is 4.74 Å². The highest BCUT2D eigenvalue weighted by Crippen LogP contribution is 2.22. The van der Waals surface area contributed by atoms with E-state index in [1.54, 1.807) is 0 Å². The van der Waals surface area contributed by atoms with Crippen LogP contribution in [-0.4, -0.2) is 61.3 Å². The normalized spacial score (nSPS) is 16.8. The predicted molar refractivity (Wildman–Crippen MR) is 81.2 cm³/mol. The Morgan fingerprint density at radius 3 is 2.55 bits per heavy atom. The van der Waals surface area contributed by atoms with Gasteiger partial charge in [0.25, 0.3) is 0 Å². The van der Waals surface area contributed by atoms with Crippen LogP contribution in [-0.2, 0) is 11.3 Å². The molecule has 1 aromatic rings. The number of hydrogen-bond donors (Lipinski definition) is 1. The van der Waals surface area contributed by atoms with Gasteiger partial charge >= 0.3 is 0 Å². The molecule has 0 radical (unpaired) electrons. The van der Waals surface area contributed by atoms with Gasteiger partial charge in [0.1, 0.15) is 5.75 Å². The van der Waals surface area contributed by atoms with Gasteiger partial charge in [0, 0.05) is 38.3 Å². The molecule has 0 bridgehead atoms. The maximum atomic E-state index is 10.0. The second-order valence-corrected chi connectivity index (χ2v) is 5.76. The third-order valence-corrected chi connectivity index (χ3v) is 4.04. The van der Waals surface area contributed by atoms with E-state index in [9.17, 15) is 5.11 Å². The Kier molecular flexibility index (Phi) is 5.40. The lowest BCUT2D eigenvalue weighted by Gasteiger charge is -2.28. The van der Waals surface area contributed by atoms with E-state index in [0.29, 0.717) is 5.75 Å². The Balaban J connectivity index is 1.84.